The molecular weight excluding hydrogens is 279 g/mol. The maximum absolute atomic E-state index is 13.0. The summed E-state index contributed by atoms with van der Waals surface area (Å²) in [4.78, 5) is 6.48. The molecule has 0 bridgehead atoms. The van der Waals surface area contributed by atoms with E-state index in [1.54, 1.807) is 12.3 Å². The monoisotopic (exact) mass is 296 g/mol. The van der Waals surface area contributed by atoms with E-state index < -0.39 is 0 Å². The number of nitrogens with one attached hydrogen (secondary N) is 1. The van der Waals surface area contributed by atoms with Gasteiger partial charge in [-0.15, -0.1) is 0 Å². The van der Waals surface area contributed by atoms with Gasteiger partial charge in [-0.2, -0.15) is 5.26 Å². The molecule has 22 heavy (non-hydrogen) atoms. The molecule has 1 aliphatic heterocycles. The lowest BCUT2D eigenvalue weighted by Gasteiger charge is -2.19. The molecule has 1 aliphatic rings. The van der Waals surface area contributed by atoms with Gasteiger partial charge in [0.15, 0.2) is 0 Å². The largest absolute Gasteiger partial charge is 0.371 e. The molecule has 3 rings (SSSR count). The molecule has 1 aromatic heterocycles. The molecular formula is C17H17FN4. The zero-order valence-electron chi connectivity index (χ0n) is 12.2. The predicted octanol–water partition coefficient (Wildman–Crippen LogP) is 3.03. The quantitative estimate of drug-likeness (QED) is 0.942. The molecule has 2 heterocycles. The highest BCUT2D eigenvalue weighted by Gasteiger charge is 2.22. The summed E-state index contributed by atoms with van der Waals surface area (Å²) >= 11 is 0. The van der Waals surface area contributed by atoms with E-state index >= 15 is 0 Å². The van der Waals surface area contributed by atoms with Crippen molar-refractivity contribution in [2.24, 2.45) is 5.92 Å². The number of halogens is 1. The third-order valence-electron chi connectivity index (χ3n) is 3.94. The van der Waals surface area contributed by atoms with Gasteiger partial charge in [0.2, 0.25) is 0 Å². The van der Waals surface area contributed by atoms with Gasteiger partial charge in [0.1, 0.15) is 17.7 Å². The lowest BCUT2D eigenvalue weighted by molar-refractivity contribution is 0.620. The van der Waals surface area contributed by atoms with Crippen LogP contribution < -0.4 is 10.2 Å². The van der Waals surface area contributed by atoms with E-state index in [-0.39, 0.29) is 5.82 Å². The second kappa shape index (κ2) is 6.44. The van der Waals surface area contributed by atoms with Crippen molar-refractivity contribution in [2.75, 3.05) is 29.9 Å². The third kappa shape index (κ3) is 3.34. The van der Waals surface area contributed by atoms with Gasteiger partial charge in [0.25, 0.3) is 0 Å². The van der Waals surface area contributed by atoms with Gasteiger partial charge in [0, 0.05) is 31.5 Å². The van der Waals surface area contributed by atoms with Crippen molar-refractivity contribution < 1.29 is 4.39 Å². The zero-order valence-corrected chi connectivity index (χ0v) is 12.2. The molecule has 1 saturated heterocycles. The molecule has 1 atom stereocenters. The normalized spacial score (nSPS) is 17.3. The highest BCUT2D eigenvalue weighted by Crippen LogP contribution is 2.24. The van der Waals surface area contributed by atoms with Crippen LogP contribution in [-0.2, 0) is 0 Å². The molecule has 0 spiro atoms. The summed E-state index contributed by atoms with van der Waals surface area (Å²) in [6.45, 7) is 2.78. The maximum Gasteiger partial charge on any atom is 0.125 e. The third-order valence-corrected chi connectivity index (χ3v) is 3.94. The van der Waals surface area contributed by atoms with E-state index in [0.717, 1.165) is 37.6 Å². The molecule has 0 amide bonds. The van der Waals surface area contributed by atoms with E-state index in [2.05, 4.69) is 21.3 Å². The number of pyridine rings is 1. The zero-order chi connectivity index (χ0) is 15.4. The highest BCUT2D eigenvalue weighted by molar-refractivity contribution is 5.47. The van der Waals surface area contributed by atoms with Gasteiger partial charge in [-0.25, -0.2) is 9.37 Å². The number of nitriles is 1. The Labute approximate surface area is 129 Å². The Bertz CT molecular complexity index is 661. The van der Waals surface area contributed by atoms with Crippen LogP contribution in [0.1, 0.15) is 12.0 Å². The molecule has 1 fully saturated rings. The van der Waals surface area contributed by atoms with Crippen molar-refractivity contribution in [1.29, 1.82) is 5.26 Å². The molecule has 1 N–H and O–H groups in total. The van der Waals surface area contributed by atoms with Gasteiger partial charge in [0.05, 0.1) is 5.56 Å². The lowest BCUT2D eigenvalue weighted by atomic mass is 10.1. The molecule has 4 nitrogen and oxygen atoms in total. The Morgan fingerprint density at radius 2 is 2.09 bits per heavy atom. The maximum atomic E-state index is 13.0. The SMILES string of the molecule is N#Cc1ccc(NC[C@@H]2CCN(c3ccc(F)cc3)C2)nc1. The molecule has 0 unspecified atom stereocenters. The van der Waals surface area contributed by atoms with Crippen molar-refractivity contribution in [3.63, 3.8) is 0 Å². The van der Waals surface area contributed by atoms with Crippen LogP contribution in [0.4, 0.5) is 15.9 Å². The number of nitrogens with zero attached hydrogens (tertiary/aromatic N) is 3. The van der Waals surface area contributed by atoms with Gasteiger partial charge < -0.3 is 10.2 Å². The number of aromatic nitrogens is 1. The Morgan fingerprint density at radius 1 is 1.27 bits per heavy atom. The first kappa shape index (κ1) is 14.3. The first-order valence-electron chi connectivity index (χ1n) is 7.35. The average molecular weight is 296 g/mol. The minimum absolute atomic E-state index is 0.201. The molecule has 5 heteroatoms. The number of hydrogen-bond donors (Lipinski definition) is 1. The summed E-state index contributed by atoms with van der Waals surface area (Å²) in [7, 11) is 0. The van der Waals surface area contributed by atoms with E-state index in [1.165, 1.54) is 12.1 Å². The van der Waals surface area contributed by atoms with Crippen LogP contribution in [0.3, 0.4) is 0 Å². The average Bonchev–Trinajstić information content (AvgIpc) is 3.03. The summed E-state index contributed by atoms with van der Waals surface area (Å²) in [5.41, 5.74) is 1.63. The van der Waals surface area contributed by atoms with Crippen LogP contribution in [0, 0.1) is 23.1 Å². The summed E-state index contributed by atoms with van der Waals surface area (Å²) in [5, 5.41) is 12.1. The fourth-order valence-electron chi connectivity index (χ4n) is 2.70. The Kier molecular flexibility index (Phi) is 4.19. The number of rotatable bonds is 4. The van der Waals surface area contributed by atoms with Gasteiger partial charge in [-0.3, -0.25) is 0 Å². The molecule has 0 saturated carbocycles. The second-order valence-corrected chi connectivity index (χ2v) is 5.50. The Balaban J connectivity index is 1.52. The lowest BCUT2D eigenvalue weighted by Crippen LogP contribution is -2.22. The van der Waals surface area contributed by atoms with Gasteiger partial charge in [-0.1, -0.05) is 0 Å². The van der Waals surface area contributed by atoms with Gasteiger partial charge >= 0.3 is 0 Å². The van der Waals surface area contributed by atoms with Crippen LogP contribution in [0.5, 0.6) is 0 Å². The van der Waals surface area contributed by atoms with Crippen LogP contribution in [0.15, 0.2) is 42.6 Å². The van der Waals surface area contributed by atoms with Crippen molar-refractivity contribution in [1.82, 2.24) is 4.98 Å². The number of benzene rings is 1. The first-order valence-corrected chi connectivity index (χ1v) is 7.35. The van der Waals surface area contributed by atoms with Crippen molar-refractivity contribution in [2.45, 2.75) is 6.42 Å². The molecule has 112 valence electrons. The van der Waals surface area contributed by atoms with E-state index in [1.807, 2.05) is 18.2 Å². The molecule has 1 aromatic carbocycles. The van der Waals surface area contributed by atoms with E-state index in [9.17, 15) is 4.39 Å². The van der Waals surface area contributed by atoms with Crippen molar-refractivity contribution in [3.05, 3.63) is 54.0 Å². The summed E-state index contributed by atoms with van der Waals surface area (Å²) in [5.74, 6) is 1.12. The van der Waals surface area contributed by atoms with Gasteiger partial charge in [-0.05, 0) is 48.7 Å². The topological polar surface area (TPSA) is 52.0 Å². The summed E-state index contributed by atoms with van der Waals surface area (Å²) < 4.78 is 13.0. The fraction of sp³-hybridized carbons (Fsp3) is 0.294. The Hall–Kier alpha value is -2.61. The summed E-state index contributed by atoms with van der Waals surface area (Å²) in [6, 6.07) is 12.3. The minimum atomic E-state index is -0.201. The molecule has 0 aliphatic carbocycles. The predicted molar refractivity (Wildman–Crippen MR) is 84.2 cm³/mol. The van der Waals surface area contributed by atoms with Crippen molar-refractivity contribution >= 4 is 11.5 Å². The van der Waals surface area contributed by atoms with E-state index in [0.29, 0.717) is 11.5 Å². The fourth-order valence-corrected chi connectivity index (χ4v) is 2.70. The smallest absolute Gasteiger partial charge is 0.125 e. The first-order chi connectivity index (χ1) is 10.7. The minimum Gasteiger partial charge on any atom is -0.371 e. The number of anilines is 2. The van der Waals surface area contributed by atoms with Crippen LogP contribution in [0.2, 0.25) is 0 Å². The standard InChI is InChI=1S/C17H17FN4/c18-15-2-4-16(5-3-15)22-8-7-14(12-22)11-21-17-6-1-13(9-19)10-20-17/h1-6,10,14H,7-8,11-12H2,(H,20,21)/t14-/m0/s1. The van der Waals surface area contributed by atoms with Crippen LogP contribution in [0.25, 0.3) is 0 Å². The van der Waals surface area contributed by atoms with Crippen LogP contribution in [-0.4, -0.2) is 24.6 Å². The highest BCUT2D eigenvalue weighted by atomic mass is 19.1. The second-order valence-electron chi connectivity index (χ2n) is 5.50. The Morgan fingerprint density at radius 3 is 2.77 bits per heavy atom. The van der Waals surface area contributed by atoms with E-state index in [4.69, 9.17) is 5.26 Å². The summed E-state index contributed by atoms with van der Waals surface area (Å²) in [6.07, 6.45) is 2.67. The van der Waals surface area contributed by atoms with Crippen LogP contribution >= 0.6 is 0 Å². The number of hydrogen-bond acceptors (Lipinski definition) is 4. The van der Waals surface area contributed by atoms with Crippen molar-refractivity contribution in [3.8, 4) is 6.07 Å². The molecule has 2 aromatic rings. The molecule has 0 radical (unpaired) electrons.